The van der Waals surface area contributed by atoms with Gasteiger partial charge in [-0.05, 0) is 35.0 Å². The maximum Gasteiger partial charge on any atom is 0.387 e. The van der Waals surface area contributed by atoms with Gasteiger partial charge in [-0.25, -0.2) is 24.1 Å². The number of halogens is 4. The van der Waals surface area contributed by atoms with Gasteiger partial charge in [0.15, 0.2) is 11.6 Å². The third-order valence-corrected chi connectivity index (χ3v) is 4.15. The molecule has 3 rings (SSSR count). The summed E-state index contributed by atoms with van der Waals surface area (Å²) in [6, 6.07) is 1.99. The summed E-state index contributed by atoms with van der Waals surface area (Å²) >= 11 is 2.87. The van der Waals surface area contributed by atoms with Crippen LogP contribution in [0.2, 0.25) is 0 Å². The molecule has 0 bridgehead atoms. The molecular formula is C16H13BrF3N7O2. The van der Waals surface area contributed by atoms with E-state index in [1.807, 2.05) is 0 Å². The maximum absolute atomic E-state index is 13.8. The maximum atomic E-state index is 13.8. The van der Waals surface area contributed by atoms with E-state index in [4.69, 9.17) is 0 Å². The molecule has 1 atom stereocenters. The minimum absolute atomic E-state index is 0.0940. The fraction of sp³-hybridized carbons (Fsp3) is 0.188. The quantitative estimate of drug-likeness (QED) is 0.570. The average molecular weight is 472 g/mol. The standard InChI is InChI=1S/C16H13BrF3N7O2/c1-8(13-23-7-24-27(13)15-21-3-2-4-22-15)25-16(28)26-11-6-10(18)9(17)5-12(11)29-14(19)20/h2-8,14H,1H3,(H2,25,26,28). The monoisotopic (exact) mass is 471 g/mol. The normalized spacial score (nSPS) is 11.9. The summed E-state index contributed by atoms with van der Waals surface area (Å²) in [7, 11) is 0. The number of alkyl halides is 2. The number of nitrogens with one attached hydrogen (secondary N) is 2. The predicted octanol–water partition coefficient (Wildman–Crippen LogP) is 3.44. The van der Waals surface area contributed by atoms with Crippen molar-refractivity contribution in [3.05, 3.63) is 53.0 Å². The van der Waals surface area contributed by atoms with Gasteiger partial charge in [-0.2, -0.15) is 18.6 Å². The molecular weight excluding hydrogens is 459 g/mol. The van der Waals surface area contributed by atoms with Crippen LogP contribution in [-0.2, 0) is 0 Å². The van der Waals surface area contributed by atoms with E-state index in [-0.39, 0.29) is 16.1 Å². The van der Waals surface area contributed by atoms with E-state index in [0.717, 1.165) is 12.1 Å². The lowest BCUT2D eigenvalue weighted by atomic mass is 10.2. The number of rotatable bonds is 6. The minimum Gasteiger partial charge on any atom is -0.433 e. The smallest absolute Gasteiger partial charge is 0.387 e. The molecule has 0 aliphatic heterocycles. The second-order valence-electron chi connectivity index (χ2n) is 5.54. The Hall–Kier alpha value is -3.22. The molecule has 13 heteroatoms. The van der Waals surface area contributed by atoms with Gasteiger partial charge >= 0.3 is 12.6 Å². The Morgan fingerprint density at radius 2 is 1.97 bits per heavy atom. The van der Waals surface area contributed by atoms with E-state index in [1.54, 1.807) is 13.0 Å². The molecule has 2 aromatic heterocycles. The van der Waals surface area contributed by atoms with E-state index in [2.05, 4.69) is 51.4 Å². The first-order valence-electron chi connectivity index (χ1n) is 8.04. The van der Waals surface area contributed by atoms with Crippen molar-refractivity contribution in [3.63, 3.8) is 0 Å². The Labute approximate surface area is 170 Å². The van der Waals surface area contributed by atoms with Crippen LogP contribution in [0, 0.1) is 5.82 Å². The third-order valence-electron chi connectivity index (χ3n) is 3.54. The Morgan fingerprint density at radius 3 is 2.66 bits per heavy atom. The van der Waals surface area contributed by atoms with Crippen LogP contribution in [0.5, 0.6) is 5.75 Å². The number of anilines is 1. The van der Waals surface area contributed by atoms with Crippen LogP contribution in [0.15, 0.2) is 41.4 Å². The third kappa shape index (κ3) is 4.99. The van der Waals surface area contributed by atoms with Crippen LogP contribution >= 0.6 is 15.9 Å². The lowest BCUT2D eigenvalue weighted by Gasteiger charge is -2.16. The van der Waals surface area contributed by atoms with Crippen molar-refractivity contribution in [2.45, 2.75) is 19.6 Å². The zero-order valence-electron chi connectivity index (χ0n) is 14.7. The van der Waals surface area contributed by atoms with E-state index in [0.29, 0.717) is 5.82 Å². The predicted molar refractivity (Wildman–Crippen MR) is 98.3 cm³/mol. The van der Waals surface area contributed by atoms with Gasteiger partial charge in [0, 0.05) is 18.5 Å². The number of carbonyl (C=O) groups excluding carboxylic acids is 1. The zero-order valence-corrected chi connectivity index (χ0v) is 16.3. The SMILES string of the molecule is CC(NC(=O)Nc1cc(F)c(Br)cc1OC(F)F)c1ncnn1-c1ncccn1. The van der Waals surface area contributed by atoms with Crippen LogP contribution in [0.1, 0.15) is 18.8 Å². The Kier molecular flexibility index (Phi) is 6.26. The molecule has 0 spiro atoms. The molecule has 2 N–H and O–H groups in total. The summed E-state index contributed by atoms with van der Waals surface area (Å²) in [5.74, 6) is -0.609. The van der Waals surface area contributed by atoms with Crippen LogP contribution in [0.25, 0.3) is 5.95 Å². The molecule has 29 heavy (non-hydrogen) atoms. The molecule has 3 aromatic rings. The van der Waals surface area contributed by atoms with Gasteiger partial charge in [0.05, 0.1) is 16.2 Å². The van der Waals surface area contributed by atoms with Crippen molar-refractivity contribution in [2.75, 3.05) is 5.32 Å². The first-order valence-corrected chi connectivity index (χ1v) is 8.83. The number of hydrogen-bond donors (Lipinski definition) is 2. The highest BCUT2D eigenvalue weighted by Gasteiger charge is 2.20. The molecule has 0 aliphatic rings. The fourth-order valence-electron chi connectivity index (χ4n) is 2.34. The van der Waals surface area contributed by atoms with Crippen molar-refractivity contribution < 1.29 is 22.7 Å². The topological polar surface area (TPSA) is 107 Å². The summed E-state index contributed by atoms with van der Waals surface area (Å²) in [4.78, 5) is 24.5. The summed E-state index contributed by atoms with van der Waals surface area (Å²) < 4.78 is 44.5. The van der Waals surface area contributed by atoms with Crippen LogP contribution < -0.4 is 15.4 Å². The Bertz CT molecular complexity index is 1000. The number of aromatic nitrogens is 5. The summed E-state index contributed by atoms with van der Waals surface area (Å²) in [5.41, 5.74) is -0.274. The molecule has 9 nitrogen and oxygen atoms in total. The largest absolute Gasteiger partial charge is 0.433 e. The summed E-state index contributed by atoms with van der Waals surface area (Å²) in [5, 5.41) is 8.85. The van der Waals surface area contributed by atoms with E-state index < -0.39 is 30.3 Å². The van der Waals surface area contributed by atoms with Crippen molar-refractivity contribution >= 4 is 27.6 Å². The van der Waals surface area contributed by atoms with Crippen molar-refractivity contribution in [3.8, 4) is 11.7 Å². The summed E-state index contributed by atoms with van der Waals surface area (Å²) in [6.07, 6.45) is 4.30. The Morgan fingerprint density at radius 1 is 1.24 bits per heavy atom. The first kappa shape index (κ1) is 20.5. The molecule has 1 aromatic carbocycles. The van der Waals surface area contributed by atoms with Gasteiger partial charge in [-0.1, -0.05) is 0 Å². The van der Waals surface area contributed by atoms with Gasteiger partial charge in [0.1, 0.15) is 12.1 Å². The Balaban J connectivity index is 1.75. The fourth-order valence-corrected chi connectivity index (χ4v) is 2.66. The average Bonchev–Trinajstić information content (AvgIpc) is 3.16. The van der Waals surface area contributed by atoms with Crippen molar-refractivity contribution in [1.29, 1.82) is 0 Å². The highest BCUT2D eigenvalue weighted by atomic mass is 79.9. The highest BCUT2D eigenvalue weighted by Crippen LogP contribution is 2.32. The van der Waals surface area contributed by atoms with Gasteiger partial charge in [0.25, 0.3) is 5.95 Å². The number of ether oxygens (including phenoxy) is 1. The molecule has 0 saturated heterocycles. The van der Waals surface area contributed by atoms with Crippen molar-refractivity contribution in [2.24, 2.45) is 0 Å². The van der Waals surface area contributed by atoms with Crippen molar-refractivity contribution in [1.82, 2.24) is 30.0 Å². The molecule has 2 heterocycles. The van der Waals surface area contributed by atoms with Gasteiger partial charge in [0.2, 0.25) is 0 Å². The second kappa shape index (κ2) is 8.86. The number of urea groups is 1. The van der Waals surface area contributed by atoms with Gasteiger partial charge < -0.3 is 15.4 Å². The first-order chi connectivity index (χ1) is 13.8. The number of nitrogens with zero attached hydrogens (tertiary/aromatic N) is 5. The number of carbonyl (C=O) groups is 1. The number of amides is 2. The molecule has 0 fully saturated rings. The number of hydrogen-bond acceptors (Lipinski definition) is 6. The van der Waals surface area contributed by atoms with Gasteiger partial charge in [-0.15, -0.1) is 0 Å². The van der Waals surface area contributed by atoms with E-state index in [1.165, 1.54) is 23.4 Å². The number of benzene rings is 1. The molecule has 2 amide bonds. The summed E-state index contributed by atoms with van der Waals surface area (Å²) in [6.45, 7) is -1.54. The van der Waals surface area contributed by atoms with Gasteiger partial charge in [-0.3, -0.25) is 0 Å². The zero-order chi connectivity index (χ0) is 21.0. The minimum atomic E-state index is -3.15. The molecule has 0 radical (unpaired) electrons. The highest BCUT2D eigenvalue weighted by molar-refractivity contribution is 9.10. The molecule has 1 unspecified atom stereocenters. The second-order valence-corrected chi connectivity index (χ2v) is 6.39. The van der Waals surface area contributed by atoms with Crippen LogP contribution in [0.3, 0.4) is 0 Å². The molecule has 152 valence electrons. The molecule has 0 saturated carbocycles. The van der Waals surface area contributed by atoms with Crippen LogP contribution in [-0.4, -0.2) is 37.4 Å². The molecule has 0 aliphatic carbocycles. The van der Waals surface area contributed by atoms with E-state index in [9.17, 15) is 18.0 Å². The van der Waals surface area contributed by atoms with E-state index >= 15 is 0 Å². The van der Waals surface area contributed by atoms with Crippen LogP contribution in [0.4, 0.5) is 23.7 Å². The lowest BCUT2D eigenvalue weighted by Crippen LogP contribution is -2.33. The lowest BCUT2D eigenvalue weighted by molar-refractivity contribution is -0.0494.